The Hall–Kier alpha value is -3.35. The zero-order valence-corrected chi connectivity index (χ0v) is 19.2. The first-order valence-electron chi connectivity index (χ1n) is 11.4. The lowest BCUT2D eigenvalue weighted by molar-refractivity contribution is 0.0928. The molecule has 0 saturated carbocycles. The Kier molecular flexibility index (Phi) is 7.60. The van der Waals surface area contributed by atoms with E-state index in [-0.39, 0.29) is 0 Å². The van der Waals surface area contributed by atoms with Crippen molar-refractivity contribution >= 4 is 0 Å². The largest absolute Gasteiger partial charge is 0.468 e. The summed E-state index contributed by atoms with van der Waals surface area (Å²) < 4.78 is 13.7. The third-order valence-corrected chi connectivity index (χ3v) is 5.52. The number of aromatic nitrogens is 2. The standard InChI is InChI=1S/C27H31N3O3/c1-3-11-22(31)18-30(19-24-16-10-17-32-24)20-25-26(21-12-6-4-7-13-21)28-29(2)27(25)33-23-14-8-5-9-15-23/h4-10,12-17,22,31H,3,11,18-20H2,1-2H3/t22-/m1/s1. The minimum Gasteiger partial charge on any atom is -0.468 e. The molecule has 0 radical (unpaired) electrons. The number of aliphatic hydroxyl groups excluding tert-OH is 1. The molecule has 6 heteroatoms. The third-order valence-electron chi connectivity index (χ3n) is 5.52. The molecule has 172 valence electrons. The van der Waals surface area contributed by atoms with E-state index in [2.05, 4.69) is 24.0 Å². The summed E-state index contributed by atoms with van der Waals surface area (Å²) in [5, 5.41) is 15.4. The minimum atomic E-state index is -0.416. The Balaban J connectivity index is 1.71. The molecule has 4 aromatic rings. The molecule has 2 heterocycles. The number of benzene rings is 2. The summed E-state index contributed by atoms with van der Waals surface area (Å²) in [4.78, 5) is 2.19. The number of aryl methyl sites for hydroxylation is 1. The maximum atomic E-state index is 10.6. The zero-order chi connectivity index (χ0) is 23.0. The van der Waals surface area contributed by atoms with Crippen molar-refractivity contribution in [1.82, 2.24) is 14.7 Å². The van der Waals surface area contributed by atoms with E-state index < -0.39 is 6.10 Å². The van der Waals surface area contributed by atoms with Crippen LogP contribution in [0, 0.1) is 0 Å². The zero-order valence-electron chi connectivity index (χ0n) is 19.2. The van der Waals surface area contributed by atoms with Gasteiger partial charge in [0.1, 0.15) is 17.2 Å². The molecule has 0 unspecified atom stereocenters. The van der Waals surface area contributed by atoms with Gasteiger partial charge >= 0.3 is 0 Å². The van der Waals surface area contributed by atoms with Gasteiger partial charge in [0, 0.05) is 25.7 Å². The van der Waals surface area contributed by atoms with Gasteiger partial charge in [0.25, 0.3) is 0 Å². The van der Waals surface area contributed by atoms with Crippen molar-refractivity contribution in [3.05, 3.63) is 90.4 Å². The van der Waals surface area contributed by atoms with Crippen LogP contribution >= 0.6 is 0 Å². The van der Waals surface area contributed by atoms with Gasteiger partial charge in [-0.15, -0.1) is 0 Å². The smallest absolute Gasteiger partial charge is 0.222 e. The van der Waals surface area contributed by atoms with Crippen molar-refractivity contribution in [1.29, 1.82) is 0 Å². The molecule has 4 rings (SSSR count). The molecule has 0 aliphatic rings. The summed E-state index contributed by atoms with van der Waals surface area (Å²) in [6.45, 7) is 3.76. The molecule has 0 spiro atoms. The first-order chi connectivity index (χ1) is 16.1. The fourth-order valence-corrected chi connectivity index (χ4v) is 4.00. The van der Waals surface area contributed by atoms with E-state index in [1.807, 2.05) is 67.7 Å². The summed E-state index contributed by atoms with van der Waals surface area (Å²) >= 11 is 0. The van der Waals surface area contributed by atoms with E-state index in [4.69, 9.17) is 14.3 Å². The first kappa shape index (κ1) is 22.8. The lowest BCUT2D eigenvalue weighted by Gasteiger charge is -2.24. The first-order valence-corrected chi connectivity index (χ1v) is 11.4. The number of nitrogens with zero attached hydrogens (tertiary/aromatic N) is 3. The molecule has 0 bridgehead atoms. The average Bonchev–Trinajstić information content (AvgIpc) is 3.44. The number of aliphatic hydroxyl groups is 1. The van der Waals surface area contributed by atoms with Crippen LogP contribution in [0.4, 0.5) is 0 Å². The van der Waals surface area contributed by atoms with Crippen LogP contribution in [0.1, 0.15) is 31.1 Å². The molecular weight excluding hydrogens is 414 g/mol. The molecule has 0 aliphatic heterocycles. The summed E-state index contributed by atoms with van der Waals surface area (Å²) in [5.41, 5.74) is 2.87. The van der Waals surface area contributed by atoms with Crippen LogP contribution in [-0.2, 0) is 20.1 Å². The molecule has 0 saturated heterocycles. The number of hydrogen-bond donors (Lipinski definition) is 1. The molecule has 0 amide bonds. The van der Waals surface area contributed by atoms with E-state index in [0.717, 1.165) is 41.2 Å². The number of hydrogen-bond acceptors (Lipinski definition) is 5. The SMILES string of the molecule is CCC[C@@H](O)CN(Cc1ccco1)Cc1c(-c2ccccc2)nn(C)c1Oc1ccccc1. The molecule has 0 fully saturated rings. The van der Waals surface area contributed by atoms with Gasteiger partial charge in [-0.05, 0) is 30.7 Å². The molecule has 33 heavy (non-hydrogen) atoms. The molecule has 2 aromatic heterocycles. The van der Waals surface area contributed by atoms with Crippen LogP contribution in [0.25, 0.3) is 11.3 Å². The van der Waals surface area contributed by atoms with Crippen LogP contribution in [0.2, 0.25) is 0 Å². The van der Waals surface area contributed by atoms with Gasteiger partial charge in [-0.1, -0.05) is 61.9 Å². The van der Waals surface area contributed by atoms with Crippen LogP contribution in [0.5, 0.6) is 11.6 Å². The van der Waals surface area contributed by atoms with E-state index in [9.17, 15) is 5.11 Å². The Bertz CT molecular complexity index is 1110. The predicted molar refractivity (Wildman–Crippen MR) is 129 cm³/mol. The van der Waals surface area contributed by atoms with Crippen molar-refractivity contribution < 1.29 is 14.3 Å². The second-order valence-corrected chi connectivity index (χ2v) is 8.23. The Morgan fingerprint density at radius 3 is 2.39 bits per heavy atom. The average molecular weight is 446 g/mol. The molecular formula is C27H31N3O3. The van der Waals surface area contributed by atoms with Crippen molar-refractivity contribution in [2.45, 2.75) is 39.0 Å². The van der Waals surface area contributed by atoms with Crippen molar-refractivity contribution in [2.75, 3.05) is 6.54 Å². The Labute approximate surface area is 195 Å². The van der Waals surface area contributed by atoms with Crippen LogP contribution < -0.4 is 4.74 Å². The van der Waals surface area contributed by atoms with Gasteiger partial charge in [0.15, 0.2) is 0 Å². The van der Waals surface area contributed by atoms with Crippen LogP contribution in [-0.4, -0.2) is 32.4 Å². The lowest BCUT2D eigenvalue weighted by Crippen LogP contribution is -2.31. The second kappa shape index (κ2) is 11.0. The van der Waals surface area contributed by atoms with Gasteiger partial charge < -0.3 is 14.3 Å². The monoisotopic (exact) mass is 445 g/mol. The minimum absolute atomic E-state index is 0.416. The van der Waals surface area contributed by atoms with Gasteiger partial charge in [-0.3, -0.25) is 4.90 Å². The highest BCUT2D eigenvalue weighted by Gasteiger charge is 2.24. The molecule has 1 atom stereocenters. The van der Waals surface area contributed by atoms with E-state index in [1.54, 1.807) is 10.9 Å². The third kappa shape index (κ3) is 5.92. The maximum Gasteiger partial charge on any atom is 0.222 e. The molecule has 6 nitrogen and oxygen atoms in total. The highest BCUT2D eigenvalue weighted by molar-refractivity contribution is 5.65. The number of rotatable bonds is 11. The number of furan rings is 1. The summed E-state index contributed by atoms with van der Waals surface area (Å²) in [7, 11) is 1.90. The van der Waals surface area contributed by atoms with Gasteiger partial charge in [0.2, 0.25) is 5.88 Å². The Morgan fingerprint density at radius 1 is 1.00 bits per heavy atom. The fourth-order valence-electron chi connectivity index (χ4n) is 4.00. The topological polar surface area (TPSA) is 63.7 Å². The molecule has 1 N–H and O–H groups in total. The van der Waals surface area contributed by atoms with Gasteiger partial charge in [0.05, 0.1) is 24.5 Å². The van der Waals surface area contributed by atoms with Crippen molar-refractivity contribution in [3.8, 4) is 22.9 Å². The quantitative estimate of drug-likeness (QED) is 0.324. The summed E-state index contributed by atoms with van der Waals surface area (Å²) in [6.07, 6.45) is 2.95. The summed E-state index contributed by atoms with van der Waals surface area (Å²) in [6, 6.07) is 23.7. The van der Waals surface area contributed by atoms with Gasteiger partial charge in [-0.2, -0.15) is 5.10 Å². The van der Waals surface area contributed by atoms with Crippen LogP contribution in [0.3, 0.4) is 0 Å². The molecule has 0 aliphatic carbocycles. The Morgan fingerprint density at radius 2 is 1.73 bits per heavy atom. The lowest BCUT2D eigenvalue weighted by atomic mass is 10.1. The summed E-state index contributed by atoms with van der Waals surface area (Å²) in [5.74, 6) is 2.30. The highest BCUT2D eigenvalue weighted by Crippen LogP contribution is 2.34. The van der Waals surface area contributed by atoms with Crippen molar-refractivity contribution in [3.63, 3.8) is 0 Å². The molecule has 2 aromatic carbocycles. The predicted octanol–water partition coefficient (Wildman–Crippen LogP) is 5.64. The maximum absolute atomic E-state index is 10.6. The number of para-hydroxylation sites is 1. The number of ether oxygens (including phenoxy) is 1. The second-order valence-electron chi connectivity index (χ2n) is 8.23. The fraction of sp³-hybridized carbons (Fsp3) is 0.296. The van der Waals surface area contributed by atoms with E-state index in [0.29, 0.717) is 25.5 Å². The van der Waals surface area contributed by atoms with Crippen LogP contribution in [0.15, 0.2) is 83.5 Å². The van der Waals surface area contributed by atoms with E-state index in [1.165, 1.54) is 0 Å². The van der Waals surface area contributed by atoms with Crippen molar-refractivity contribution in [2.24, 2.45) is 7.05 Å². The van der Waals surface area contributed by atoms with Gasteiger partial charge in [-0.25, -0.2) is 4.68 Å². The van der Waals surface area contributed by atoms with E-state index >= 15 is 0 Å². The normalized spacial score (nSPS) is 12.2. The highest BCUT2D eigenvalue weighted by atomic mass is 16.5.